The van der Waals surface area contributed by atoms with Gasteiger partial charge in [0.1, 0.15) is 0 Å². The molecule has 0 spiro atoms. The molecule has 6 rings (SSSR count). The molecular weight excluding hydrogens is 740 g/mol. The van der Waals surface area contributed by atoms with Crippen molar-refractivity contribution in [3.05, 3.63) is 113 Å². The second-order valence-corrected chi connectivity index (χ2v) is 11.8. The van der Waals surface area contributed by atoms with Crippen LogP contribution in [0.2, 0.25) is 0 Å². The maximum Gasteiger partial charge on any atom is 0.416 e. The highest BCUT2D eigenvalue weighted by molar-refractivity contribution is 5.96. The van der Waals surface area contributed by atoms with Gasteiger partial charge in [0.05, 0.1) is 12.7 Å². The van der Waals surface area contributed by atoms with E-state index in [0.29, 0.717) is 31.6 Å². The first-order valence-corrected chi connectivity index (χ1v) is 15.3. The summed E-state index contributed by atoms with van der Waals surface area (Å²) >= 11 is 0. The highest BCUT2D eigenvalue weighted by Gasteiger charge is 2.35. The van der Waals surface area contributed by atoms with E-state index in [4.69, 9.17) is 4.74 Å². The highest BCUT2D eigenvalue weighted by atomic mass is 35.5. The van der Waals surface area contributed by atoms with Crippen molar-refractivity contribution in [2.75, 3.05) is 46.4 Å². The minimum atomic E-state index is -4.63. The van der Waals surface area contributed by atoms with E-state index in [1.54, 1.807) is 29.2 Å². The van der Waals surface area contributed by atoms with Crippen LogP contribution in [0.4, 0.5) is 17.6 Å². The van der Waals surface area contributed by atoms with Gasteiger partial charge in [0.25, 0.3) is 5.91 Å². The number of carbonyl (C=O) groups is 1. The number of methoxy groups -OCH3 is 1. The van der Waals surface area contributed by atoms with Gasteiger partial charge in [-0.15, -0.1) is 49.6 Å². The van der Waals surface area contributed by atoms with Gasteiger partial charge >= 0.3 is 6.18 Å². The molecule has 0 N–H and O–H groups in total. The second-order valence-electron chi connectivity index (χ2n) is 11.8. The van der Waals surface area contributed by atoms with Gasteiger partial charge in [0.15, 0.2) is 11.6 Å². The predicted octanol–water partition coefficient (Wildman–Crippen LogP) is 7.42. The van der Waals surface area contributed by atoms with Crippen LogP contribution in [0.3, 0.4) is 0 Å². The number of hydrogen-bond donors (Lipinski definition) is 0. The maximum absolute atomic E-state index is 14.2. The van der Waals surface area contributed by atoms with E-state index in [9.17, 15) is 22.4 Å². The Bertz CT molecular complexity index is 1700. The fourth-order valence-electron chi connectivity index (χ4n) is 6.36. The van der Waals surface area contributed by atoms with Gasteiger partial charge < -0.3 is 9.64 Å². The molecule has 272 valence electrons. The van der Waals surface area contributed by atoms with Crippen molar-refractivity contribution in [1.82, 2.24) is 24.7 Å². The lowest BCUT2D eigenvalue weighted by molar-refractivity contribution is -0.137. The summed E-state index contributed by atoms with van der Waals surface area (Å²) < 4.78 is 61.4. The molecule has 0 radical (unpaired) electrons. The van der Waals surface area contributed by atoms with Crippen molar-refractivity contribution in [3.8, 4) is 16.9 Å². The van der Waals surface area contributed by atoms with Crippen LogP contribution in [-0.2, 0) is 25.6 Å². The van der Waals surface area contributed by atoms with Gasteiger partial charge in [-0.05, 0) is 77.2 Å². The highest BCUT2D eigenvalue weighted by Crippen LogP contribution is 2.34. The number of aromatic nitrogens is 2. The molecule has 1 fully saturated rings. The molecule has 2 aromatic heterocycles. The minimum Gasteiger partial charge on any atom is -0.494 e. The zero-order valence-corrected chi connectivity index (χ0v) is 30.4. The summed E-state index contributed by atoms with van der Waals surface area (Å²) in [5, 5.41) is 0. The number of halogens is 8. The van der Waals surface area contributed by atoms with Crippen LogP contribution in [0, 0.1) is 5.82 Å². The molecule has 2 aliphatic rings. The van der Waals surface area contributed by atoms with Gasteiger partial charge in [-0.3, -0.25) is 24.6 Å². The molecule has 0 bridgehead atoms. The first-order valence-electron chi connectivity index (χ1n) is 15.3. The predicted molar refractivity (Wildman–Crippen MR) is 195 cm³/mol. The van der Waals surface area contributed by atoms with Crippen molar-refractivity contribution < 1.29 is 27.1 Å². The molecule has 1 atom stereocenters. The first-order chi connectivity index (χ1) is 22.2. The Kier molecular flexibility index (Phi) is 16.2. The number of carbonyl (C=O) groups excluding carboxylic acids is 1. The van der Waals surface area contributed by atoms with Crippen LogP contribution in [0.5, 0.6) is 5.75 Å². The monoisotopic (exact) mass is 777 g/mol. The Hall–Kier alpha value is -3.19. The van der Waals surface area contributed by atoms with Crippen LogP contribution in [-0.4, -0.2) is 83.0 Å². The second kappa shape index (κ2) is 18.9. The average Bonchev–Trinajstić information content (AvgIpc) is 3.07. The number of pyridine rings is 2. The first kappa shape index (κ1) is 43.0. The molecular formula is C35H39Cl4F4N5O2. The third-order valence-corrected chi connectivity index (χ3v) is 8.81. The minimum absolute atomic E-state index is 0. The number of fused-ring (bicyclic) bond motifs is 1. The zero-order valence-electron chi connectivity index (χ0n) is 27.1. The van der Waals surface area contributed by atoms with Crippen LogP contribution in [0.25, 0.3) is 11.1 Å². The SMILES string of the molecule is COc1cc(C[C@@H]2CN(CCN3CCc4ncccc4C3)CCN2C(=O)c2cc(-c3ccncc3)cc(C(F)(F)F)c2)ccc1F.Cl.Cl.Cl.Cl. The molecule has 4 aromatic rings. The lowest BCUT2D eigenvalue weighted by Gasteiger charge is -2.42. The third-order valence-electron chi connectivity index (χ3n) is 8.81. The molecule has 4 heterocycles. The number of rotatable bonds is 8. The van der Waals surface area contributed by atoms with Crippen molar-refractivity contribution in [3.63, 3.8) is 0 Å². The third kappa shape index (κ3) is 10.2. The smallest absolute Gasteiger partial charge is 0.416 e. The molecule has 1 amide bonds. The van der Waals surface area contributed by atoms with E-state index in [-0.39, 0.29) is 72.5 Å². The summed E-state index contributed by atoms with van der Waals surface area (Å²) in [5.41, 5.74) is 3.05. The molecule has 7 nitrogen and oxygen atoms in total. The largest absolute Gasteiger partial charge is 0.494 e. The van der Waals surface area contributed by atoms with Crippen LogP contribution < -0.4 is 4.74 Å². The molecule has 15 heteroatoms. The van der Waals surface area contributed by atoms with Crippen LogP contribution in [0.1, 0.15) is 32.7 Å². The Labute approximate surface area is 314 Å². The summed E-state index contributed by atoms with van der Waals surface area (Å²) in [6.45, 7) is 4.80. The molecule has 2 aliphatic heterocycles. The van der Waals surface area contributed by atoms with Crippen LogP contribution >= 0.6 is 49.6 Å². The summed E-state index contributed by atoms with van der Waals surface area (Å²) in [4.78, 5) is 28.9. The Balaban J connectivity index is 0.00000217. The standard InChI is InChI=1S/C35H35F4N5O2.4ClH/c1-46-33-18-24(4-5-31(33)36)17-30-23-43(14-13-42-12-8-32-26(22-42)3-2-9-41-32)15-16-44(30)34(45)28-19-27(25-6-10-40-11-7-25)20-29(21-28)35(37,38)39;;;;/h2-7,9-11,18-21,30H,8,12-17,22-23H2,1H3;4*1H/t30-;;;;/m1..../s1. The number of hydrogen-bond acceptors (Lipinski definition) is 6. The molecule has 50 heavy (non-hydrogen) atoms. The van der Waals surface area contributed by atoms with Crippen molar-refractivity contribution >= 4 is 55.5 Å². The summed E-state index contributed by atoms with van der Waals surface area (Å²) in [5.74, 6) is -0.863. The lowest BCUT2D eigenvalue weighted by atomic mass is 9.97. The van der Waals surface area contributed by atoms with Crippen molar-refractivity contribution in [1.29, 1.82) is 0 Å². The number of amides is 1. The van der Waals surface area contributed by atoms with Crippen molar-refractivity contribution in [2.24, 2.45) is 0 Å². The van der Waals surface area contributed by atoms with E-state index < -0.39 is 23.5 Å². The number of alkyl halides is 3. The molecule has 0 saturated carbocycles. The lowest BCUT2D eigenvalue weighted by Crippen LogP contribution is -2.57. The Morgan fingerprint density at radius 1 is 0.880 bits per heavy atom. The molecule has 0 aliphatic carbocycles. The van der Waals surface area contributed by atoms with Gasteiger partial charge in [0.2, 0.25) is 0 Å². The van der Waals surface area contributed by atoms with Gasteiger partial charge in [-0.25, -0.2) is 4.39 Å². The topological polar surface area (TPSA) is 61.8 Å². The maximum atomic E-state index is 14.2. The molecule has 2 aromatic carbocycles. The number of piperazine rings is 1. The average molecular weight is 780 g/mol. The molecule has 1 saturated heterocycles. The summed E-state index contributed by atoms with van der Waals surface area (Å²) in [6.07, 6.45) is 1.48. The molecule has 0 unspecified atom stereocenters. The normalized spacial score (nSPS) is 16.1. The summed E-state index contributed by atoms with van der Waals surface area (Å²) in [6, 6.07) is 15.0. The summed E-state index contributed by atoms with van der Waals surface area (Å²) in [7, 11) is 1.39. The number of nitrogens with zero attached hydrogens (tertiary/aromatic N) is 5. The van der Waals surface area contributed by atoms with Gasteiger partial charge in [-0.2, -0.15) is 13.2 Å². The Morgan fingerprint density at radius 3 is 2.34 bits per heavy atom. The van der Waals surface area contributed by atoms with Gasteiger partial charge in [0, 0.05) is 88.1 Å². The van der Waals surface area contributed by atoms with E-state index in [1.165, 1.54) is 37.2 Å². The zero-order chi connectivity index (χ0) is 32.3. The quantitative estimate of drug-likeness (QED) is 0.174. The van der Waals surface area contributed by atoms with E-state index in [1.807, 2.05) is 12.3 Å². The van der Waals surface area contributed by atoms with E-state index >= 15 is 0 Å². The fourth-order valence-corrected chi connectivity index (χ4v) is 6.36. The van der Waals surface area contributed by atoms with E-state index in [0.717, 1.165) is 56.0 Å². The van der Waals surface area contributed by atoms with Crippen molar-refractivity contribution in [2.45, 2.75) is 31.6 Å². The van der Waals surface area contributed by atoms with Crippen LogP contribution in [0.15, 0.2) is 79.3 Å². The number of benzene rings is 2. The van der Waals surface area contributed by atoms with E-state index in [2.05, 4.69) is 25.8 Å². The fraction of sp³-hybridized carbons (Fsp3) is 0.343. The van der Waals surface area contributed by atoms with Gasteiger partial charge in [-0.1, -0.05) is 12.1 Å². The number of ether oxygens (including phenoxy) is 1. The Morgan fingerprint density at radius 2 is 1.62 bits per heavy atom.